The summed E-state index contributed by atoms with van der Waals surface area (Å²) in [4.78, 5) is 16.1. The van der Waals surface area contributed by atoms with E-state index in [1.165, 1.54) is 13.3 Å². The Labute approximate surface area is 99.7 Å². The van der Waals surface area contributed by atoms with Crippen LogP contribution in [0.3, 0.4) is 0 Å². The molecule has 92 valence electrons. The molecular weight excluding hydrogens is 222 g/mol. The number of carbonyl (C=O) groups excluding carboxylic acids is 1. The Kier molecular flexibility index (Phi) is 5.74. The van der Waals surface area contributed by atoms with E-state index in [4.69, 9.17) is 9.84 Å². The smallest absolute Gasteiger partial charge is 0.168 e. The van der Waals surface area contributed by atoms with Crippen LogP contribution in [0.1, 0.15) is 16.8 Å². The van der Waals surface area contributed by atoms with Gasteiger partial charge in [0.15, 0.2) is 5.78 Å². The van der Waals surface area contributed by atoms with Crippen LogP contribution < -0.4 is 4.74 Å². The van der Waals surface area contributed by atoms with Crippen molar-refractivity contribution in [2.45, 2.75) is 6.42 Å². The van der Waals surface area contributed by atoms with Gasteiger partial charge in [-0.25, -0.2) is 0 Å². The van der Waals surface area contributed by atoms with E-state index in [1.807, 2.05) is 0 Å². The number of Topliss-reactive ketones (excluding diaryl/α,β-unsaturated/α-hetero) is 1. The van der Waals surface area contributed by atoms with Crippen LogP contribution in [0.15, 0.2) is 29.4 Å². The Morgan fingerprint density at radius 1 is 1.41 bits per heavy atom. The van der Waals surface area contributed by atoms with Gasteiger partial charge in [-0.1, -0.05) is 5.16 Å². The van der Waals surface area contributed by atoms with Gasteiger partial charge in [0.25, 0.3) is 0 Å². The molecule has 0 radical (unpaired) electrons. The van der Waals surface area contributed by atoms with E-state index in [9.17, 15) is 4.79 Å². The van der Waals surface area contributed by atoms with Crippen molar-refractivity contribution in [2.24, 2.45) is 5.16 Å². The topological polar surface area (TPSA) is 68.1 Å². The molecule has 0 fully saturated rings. The fraction of sp³-hybridized carbons (Fsp3) is 0.333. The average Bonchev–Trinajstić information content (AvgIpc) is 2.37. The molecular formula is C12H15NO4. The number of rotatable bonds is 7. The Morgan fingerprint density at radius 3 is 2.71 bits per heavy atom. The van der Waals surface area contributed by atoms with Crippen molar-refractivity contribution in [1.29, 1.82) is 0 Å². The molecule has 0 bridgehead atoms. The van der Waals surface area contributed by atoms with Crippen molar-refractivity contribution in [3.63, 3.8) is 0 Å². The maximum absolute atomic E-state index is 11.6. The van der Waals surface area contributed by atoms with Gasteiger partial charge < -0.3 is 14.7 Å². The maximum Gasteiger partial charge on any atom is 0.168 e. The van der Waals surface area contributed by atoms with Gasteiger partial charge >= 0.3 is 0 Å². The summed E-state index contributed by atoms with van der Waals surface area (Å²) in [6.07, 6.45) is 1.61. The third-order valence-corrected chi connectivity index (χ3v) is 1.99. The monoisotopic (exact) mass is 237 g/mol. The fourth-order valence-corrected chi connectivity index (χ4v) is 1.21. The Balaban J connectivity index is 2.54. The van der Waals surface area contributed by atoms with Crippen molar-refractivity contribution >= 4 is 12.0 Å². The standard InChI is InChI=1S/C12H15NO4/c1-16-13-7-6-12(15)10-2-4-11(5-3-10)17-9-8-14/h2-5,7,14H,6,8-9H2,1H3/b13-7-. The van der Waals surface area contributed by atoms with Gasteiger partial charge in [0.1, 0.15) is 19.5 Å². The molecule has 0 atom stereocenters. The number of carbonyl (C=O) groups is 1. The molecule has 5 heteroatoms. The lowest BCUT2D eigenvalue weighted by atomic mass is 10.1. The highest BCUT2D eigenvalue weighted by Crippen LogP contribution is 2.13. The number of aliphatic hydroxyl groups is 1. The van der Waals surface area contributed by atoms with Crippen molar-refractivity contribution in [3.05, 3.63) is 29.8 Å². The number of ketones is 1. The molecule has 1 rings (SSSR count). The molecule has 0 unspecified atom stereocenters. The highest BCUT2D eigenvalue weighted by atomic mass is 16.6. The number of ether oxygens (including phenoxy) is 1. The number of oxime groups is 1. The largest absolute Gasteiger partial charge is 0.491 e. The second kappa shape index (κ2) is 7.40. The molecule has 0 spiro atoms. The Hall–Kier alpha value is -1.88. The molecule has 1 aromatic rings. The summed E-state index contributed by atoms with van der Waals surface area (Å²) in [7, 11) is 1.42. The highest BCUT2D eigenvalue weighted by molar-refractivity contribution is 6.03. The zero-order valence-electron chi connectivity index (χ0n) is 9.63. The van der Waals surface area contributed by atoms with Crippen LogP contribution in [-0.2, 0) is 4.84 Å². The molecule has 0 aliphatic heterocycles. The summed E-state index contributed by atoms with van der Waals surface area (Å²) in [6, 6.07) is 6.73. The molecule has 0 saturated carbocycles. The highest BCUT2D eigenvalue weighted by Gasteiger charge is 2.04. The number of hydrogen-bond donors (Lipinski definition) is 1. The summed E-state index contributed by atoms with van der Waals surface area (Å²) >= 11 is 0. The van der Waals surface area contributed by atoms with E-state index < -0.39 is 0 Å². The van der Waals surface area contributed by atoms with E-state index in [1.54, 1.807) is 24.3 Å². The Bertz CT molecular complexity index is 373. The lowest BCUT2D eigenvalue weighted by Crippen LogP contribution is -2.03. The second-order valence-electron chi connectivity index (χ2n) is 3.19. The third-order valence-electron chi connectivity index (χ3n) is 1.99. The summed E-state index contributed by atoms with van der Waals surface area (Å²) in [5.74, 6) is 0.584. The van der Waals surface area contributed by atoms with Crippen molar-refractivity contribution < 1.29 is 19.5 Å². The minimum absolute atomic E-state index is 0.0336. The van der Waals surface area contributed by atoms with E-state index in [-0.39, 0.29) is 25.4 Å². The lowest BCUT2D eigenvalue weighted by molar-refractivity contribution is 0.1000. The first kappa shape index (κ1) is 13.2. The summed E-state index contributed by atoms with van der Waals surface area (Å²) in [5.41, 5.74) is 0.587. The SMILES string of the molecule is CO/N=C\CC(=O)c1ccc(OCCO)cc1. The first-order valence-corrected chi connectivity index (χ1v) is 5.20. The van der Waals surface area contributed by atoms with E-state index >= 15 is 0 Å². The quantitative estimate of drug-likeness (QED) is 0.440. The minimum atomic E-state index is -0.0421. The van der Waals surface area contributed by atoms with Crippen LogP contribution in [0.4, 0.5) is 0 Å². The van der Waals surface area contributed by atoms with Crippen LogP contribution in [0.2, 0.25) is 0 Å². The molecule has 0 heterocycles. The minimum Gasteiger partial charge on any atom is -0.491 e. The molecule has 1 aromatic carbocycles. The van der Waals surface area contributed by atoms with Crippen molar-refractivity contribution in [1.82, 2.24) is 0 Å². The van der Waals surface area contributed by atoms with Gasteiger partial charge in [-0.05, 0) is 24.3 Å². The molecule has 0 aliphatic carbocycles. The van der Waals surface area contributed by atoms with E-state index in [2.05, 4.69) is 9.99 Å². The van der Waals surface area contributed by atoms with Gasteiger partial charge in [0.2, 0.25) is 0 Å². The zero-order valence-corrected chi connectivity index (χ0v) is 9.63. The van der Waals surface area contributed by atoms with Gasteiger partial charge in [-0.15, -0.1) is 0 Å². The Morgan fingerprint density at radius 2 is 2.12 bits per heavy atom. The van der Waals surface area contributed by atoms with Gasteiger partial charge in [0.05, 0.1) is 12.8 Å². The number of nitrogens with zero attached hydrogens (tertiary/aromatic N) is 1. The second-order valence-corrected chi connectivity index (χ2v) is 3.19. The lowest BCUT2D eigenvalue weighted by Gasteiger charge is -2.04. The molecule has 0 aliphatic rings. The van der Waals surface area contributed by atoms with Gasteiger partial charge in [-0.3, -0.25) is 4.79 Å². The normalized spacial score (nSPS) is 10.5. The van der Waals surface area contributed by atoms with Crippen molar-refractivity contribution in [3.8, 4) is 5.75 Å². The van der Waals surface area contributed by atoms with E-state index in [0.717, 1.165) is 0 Å². The molecule has 17 heavy (non-hydrogen) atoms. The first-order chi connectivity index (χ1) is 8.27. The average molecular weight is 237 g/mol. The number of aliphatic hydroxyl groups excluding tert-OH is 1. The maximum atomic E-state index is 11.6. The zero-order chi connectivity index (χ0) is 12.5. The molecule has 0 aromatic heterocycles. The number of benzene rings is 1. The molecule has 0 amide bonds. The van der Waals surface area contributed by atoms with Crippen LogP contribution in [0, 0.1) is 0 Å². The molecule has 5 nitrogen and oxygen atoms in total. The van der Waals surface area contributed by atoms with Gasteiger partial charge in [-0.2, -0.15) is 0 Å². The van der Waals surface area contributed by atoms with Gasteiger partial charge in [0, 0.05) is 12.0 Å². The van der Waals surface area contributed by atoms with Crippen LogP contribution in [0.5, 0.6) is 5.75 Å². The van der Waals surface area contributed by atoms with Crippen LogP contribution >= 0.6 is 0 Å². The van der Waals surface area contributed by atoms with Crippen molar-refractivity contribution in [2.75, 3.05) is 20.3 Å². The molecule has 1 N–H and O–H groups in total. The third kappa shape index (κ3) is 4.65. The fourth-order valence-electron chi connectivity index (χ4n) is 1.21. The predicted octanol–water partition coefficient (Wildman–Crippen LogP) is 1.26. The van der Waals surface area contributed by atoms with Crippen LogP contribution in [-0.4, -0.2) is 37.4 Å². The predicted molar refractivity (Wildman–Crippen MR) is 63.5 cm³/mol. The van der Waals surface area contributed by atoms with E-state index in [0.29, 0.717) is 11.3 Å². The summed E-state index contributed by atoms with van der Waals surface area (Å²) < 4.78 is 5.18. The number of hydrogen-bond acceptors (Lipinski definition) is 5. The molecule has 0 saturated heterocycles. The summed E-state index contributed by atoms with van der Waals surface area (Å²) in [6.45, 7) is 0.210. The summed E-state index contributed by atoms with van der Waals surface area (Å²) in [5, 5.41) is 12.1. The van der Waals surface area contributed by atoms with Crippen LogP contribution in [0.25, 0.3) is 0 Å². The first-order valence-electron chi connectivity index (χ1n) is 5.20.